The van der Waals surface area contributed by atoms with Gasteiger partial charge in [-0.25, -0.2) is 0 Å². The standard InChI is InChI=1S/C14H14F6O2/c1-8-11(22-10-6-4-3-5-9(10)21-8)7-12(2,13(15,16)17)14(18,19)20/h3-6,8,11H,7H2,1-2H3. The first-order valence-electron chi connectivity index (χ1n) is 6.51. The summed E-state index contributed by atoms with van der Waals surface area (Å²) in [5.74, 6) is 0.435. The van der Waals surface area contributed by atoms with Crippen LogP contribution in [0.15, 0.2) is 24.3 Å². The molecule has 1 heterocycles. The van der Waals surface area contributed by atoms with Crippen molar-refractivity contribution in [3.05, 3.63) is 24.3 Å². The third kappa shape index (κ3) is 2.83. The molecule has 0 fully saturated rings. The molecular formula is C14H14F6O2. The van der Waals surface area contributed by atoms with Crippen LogP contribution in [0.5, 0.6) is 11.5 Å². The van der Waals surface area contributed by atoms with Crippen LogP contribution in [-0.4, -0.2) is 24.6 Å². The van der Waals surface area contributed by atoms with E-state index in [2.05, 4.69) is 0 Å². The normalized spacial score (nSPS) is 22.5. The maximum atomic E-state index is 13.0. The Morgan fingerprint density at radius 1 is 0.909 bits per heavy atom. The van der Waals surface area contributed by atoms with E-state index in [0.29, 0.717) is 5.75 Å². The van der Waals surface area contributed by atoms with Crippen LogP contribution in [0.25, 0.3) is 0 Å². The van der Waals surface area contributed by atoms with Crippen LogP contribution in [0, 0.1) is 5.41 Å². The number of fused-ring (bicyclic) bond motifs is 1. The Kier molecular flexibility index (Phi) is 3.99. The van der Waals surface area contributed by atoms with Crippen LogP contribution in [0.1, 0.15) is 20.3 Å². The van der Waals surface area contributed by atoms with Crippen LogP contribution in [0.2, 0.25) is 0 Å². The summed E-state index contributed by atoms with van der Waals surface area (Å²) in [5.41, 5.74) is -3.87. The van der Waals surface area contributed by atoms with Gasteiger partial charge in [-0.15, -0.1) is 0 Å². The number of para-hydroxylation sites is 2. The zero-order valence-electron chi connectivity index (χ0n) is 11.8. The molecule has 0 N–H and O–H groups in total. The first-order chi connectivity index (χ1) is 9.96. The first-order valence-corrected chi connectivity index (χ1v) is 6.51. The van der Waals surface area contributed by atoms with Gasteiger partial charge >= 0.3 is 12.4 Å². The molecule has 0 saturated heterocycles. The maximum Gasteiger partial charge on any atom is 0.403 e. The zero-order chi connectivity index (χ0) is 16.8. The van der Waals surface area contributed by atoms with Crippen molar-refractivity contribution in [2.75, 3.05) is 0 Å². The predicted molar refractivity (Wildman–Crippen MR) is 65.8 cm³/mol. The van der Waals surface area contributed by atoms with Gasteiger partial charge in [0, 0.05) is 6.42 Å². The van der Waals surface area contributed by atoms with Crippen LogP contribution < -0.4 is 9.47 Å². The molecule has 124 valence electrons. The Bertz CT molecular complexity index is 523. The van der Waals surface area contributed by atoms with Crippen LogP contribution in [0.3, 0.4) is 0 Å². The minimum absolute atomic E-state index is 0.136. The molecule has 2 atom stereocenters. The average Bonchev–Trinajstić information content (AvgIpc) is 2.37. The molecule has 1 aromatic carbocycles. The van der Waals surface area contributed by atoms with Crippen LogP contribution in [0.4, 0.5) is 26.3 Å². The van der Waals surface area contributed by atoms with Gasteiger partial charge in [-0.2, -0.15) is 26.3 Å². The molecule has 0 aliphatic carbocycles. The minimum Gasteiger partial charge on any atom is -0.483 e. The Hall–Kier alpha value is -1.60. The highest BCUT2D eigenvalue weighted by molar-refractivity contribution is 5.41. The molecule has 0 bridgehead atoms. The number of ether oxygens (including phenoxy) is 2. The number of benzene rings is 1. The molecule has 0 amide bonds. The SMILES string of the molecule is CC1Oc2ccccc2OC1CC(C)(C(F)(F)F)C(F)(F)F. The van der Waals surface area contributed by atoms with E-state index in [9.17, 15) is 26.3 Å². The van der Waals surface area contributed by atoms with E-state index < -0.39 is 36.4 Å². The molecule has 0 aromatic heterocycles. The molecule has 2 rings (SSSR count). The van der Waals surface area contributed by atoms with E-state index in [4.69, 9.17) is 9.47 Å². The lowest BCUT2D eigenvalue weighted by atomic mass is 9.81. The largest absolute Gasteiger partial charge is 0.483 e. The van der Waals surface area contributed by atoms with Crippen LogP contribution >= 0.6 is 0 Å². The maximum absolute atomic E-state index is 13.0. The van der Waals surface area contributed by atoms with Gasteiger partial charge in [-0.05, 0) is 26.0 Å². The predicted octanol–water partition coefficient (Wildman–Crippen LogP) is 4.74. The Labute approximate surface area is 123 Å². The Morgan fingerprint density at radius 2 is 1.36 bits per heavy atom. The molecule has 8 heteroatoms. The molecule has 1 aliphatic heterocycles. The zero-order valence-corrected chi connectivity index (χ0v) is 11.8. The fourth-order valence-electron chi connectivity index (χ4n) is 2.18. The van der Waals surface area contributed by atoms with Crippen molar-refractivity contribution in [2.45, 2.75) is 44.8 Å². The van der Waals surface area contributed by atoms with Crippen molar-refractivity contribution in [3.63, 3.8) is 0 Å². The molecule has 2 nitrogen and oxygen atoms in total. The highest BCUT2D eigenvalue weighted by Crippen LogP contribution is 2.54. The number of hydrogen-bond acceptors (Lipinski definition) is 2. The molecule has 22 heavy (non-hydrogen) atoms. The van der Waals surface area contributed by atoms with Crippen molar-refractivity contribution in [3.8, 4) is 11.5 Å². The monoisotopic (exact) mass is 328 g/mol. The van der Waals surface area contributed by atoms with Crippen molar-refractivity contribution < 1.29 is 35.8 Å². The minimum atomic E-state index is -5.44. The summed E-state index contributed by atoms with van der Waals surface area (Å²) in [6, 6.07) is 6.16. The average molecular weight is 328 g/mol. The van der Waals surface area contributed by atoms with Gasteiger partial charge in [0.05, 0.1) is 0 Å². The van der Waals surface area contributed by atoms with Gasteiger partial charge in [-0.3, -0.25) is 0 Å². The third-order valence-electron chi connectivity index (χ3n) is 3.82. The van der Waals surface area contributed by atoms with Gasteiger partial charge in [-0.1, -0.05) is 12.1 Å². The van der Waals surface area contributed by atoms with E-state index in [1.54, 1.807) is 12.1 Å². The van der Waals surface area contributed by atoms with Crippen LogP contribution in [-0.2, 0) is 0 Å². The number of alkyl halides is 6. The Balaban J connectivity index is 2.29. The lowest BCUT2D eigenvalue weighted by molar-refractivity contribution is -0.341. The van der Waals surface area contributed by atoms with Crippen molar-refractivity contribution in [2.24, 2.45) is 5.41 Å². The number of rotatable bonds is 2. The molecule has 0 spiro atoms. The van der Waals surface area contributed by atoms with E-state index in [1.807, 2.05) is 0 Å². The number of hydrogen-bond donors (Lipinski definition) is 0. The number of halogens is 6. The van der Waals surface area contributed by atoms with E-state index in [-0.39, 0.29) is 12.7 Å². The molecule has 0 radical (unpaired) electrons. The van der Waals surface area contributed by atoms with E-state index in [1.165, 1.54) is 19.1 Å². The van der Waals surface area contributed by atoms with E-state index in [0.717, 1.165) is 0 Å². The molecule has 0 saturated carbocycles. The van der Waals surface area contributed by atoms with Crippen molar-refractivity contribution in [1.82, 2.24) is 0 Å². The summed E-state index contributed by atoms with van der Waals surface area (Å²) in [6.07, 6.45) is -14.4. The fraction of sp³-hybridized carbons (Fsp3) is 0.571. The summed E-state index contributed by atoms with van der Waals surface area (Å²) < 4.78 is 88.4. The lowest BCUT2D eigenvalue weighted by Crippen LogP contribution is -2.53. The second kappa shape index (κ2) is 5.24. The van der Waals surface area contributed by atoms with Gasteiger partial charge in [0.25, 0.3) is 0 Å². The lowest BCUT2D eigenvalue weighted by Gasteiger charge is -2.40. The summed E-state index contributed by atoms with van der Waals surface area (Å²) in [7, 11) is 0. The molecule has 1 aliphatic rings. The topological polar surface area (TPSA) is 18.5 Å². The summed E-state index contributed by atoms with van der Waals surface area (Å²) in [5, 5.41) is 0. The fourth-order valence-corrected chi connectivity index (χ4v) is 2.18. The smallest absolute Gasteiger partial charge is 0.403 e. The van der Waals surface area contributed by atoms with Crippen molar-refractivity contribution in [1.29, 1.82) is 0 Å². The Morgan fingerprint density at radius 3 is 1.82 bits per heavy atom. The highest BCUT2D eigenvalue weighted by Gasteiger charge is 2.68. The van der Waals surface area contributed by atoms with Gasteiger partial charge in [0.1, 0.15) is 12.2 Å². The summed E-state index contributed by atoms with van der Waals surface area (Å²) >= 11 is 0. The summed E-state index contributed by atoms with van der Waals surface area (Å²) in [6.45, 7) is 1.53. The second-order valence-corrected chi connectivity index (χ2v) is 5.46. The quantitative estimate of drug-likeness (QED) is 0.730. The third-order valence-corrected chi connectivity index (χ3v) is 3.82. The van der Waals surface area contributed by atoms with Gasteiger partial charge in [0.2, 0.25) is 0 Å². The van der Waals surface area contributed by atoms with Gasteiger partial charge < -0.3 is 9.47 Å². The van der Waals surface area contributed by atoms with E-state index >= 15 is 0 Å². The second-order valence-electron chi connectivity index (χ2n) is 5.46. The van der Waals surface area contributed by atoms with Gasteiger partial charge in [0.15, 0.2) is 16.9 Å². The molecule has 2 unspecified atom stereocenters. The molecular weight excluding hydrogens is 314 g/mol. The summed E-state index contributed by atoms with van der Waals surface area (Å²) in [4.78, 5) is 0. The molecule has 1 aromatic rings. The first kappa shape index (κ1) is 16.8. The highest BCUT2D eigenvalue weighted by atomic mass is 19.4. The van der Waals surface area contributed by atoms with Crippen molar-refractivity contribution >= 4 is 0 Å².